The monoisotopic (exact) mass is 489 g/mol. The van der Waals surface area contributed by atoms with Crippen molar-refractivity contribution in [2.45, 2.75) is 155 Å². The van der Waals surface area contributed by atoms with Crippen molar-refractivity contribution in [1.29, 1.82) is 0 Å². The molecule has 0 amide bonds. The Hall–Kier alpha value is -0.860. The maximum absolute atomic E-state index is 2.53. The third kappa shape index (κ3) is 11.8. The van der Waals surface area contributed by atoms with Crippen LogP contribution in [0.2, 0.25) is 0 Å². The van der Waals surface area contributed by atoms with Gasteiger partial charge in [-0.2, -0.15) is 0 Å². The first kappa shape index (κ1) is 34.1. The SMILES string of the molecule is CCCCCCCCCCCCCCCC[N+](C)(C)C(CCC)(CCC)c1ccccc1CC.[OH-]. The molecular formula is C33H63NO. The zero-order valence-corrected chi connectivity index (χ0v) is 24.8. The van der Waals surface area contributed by atoms with E-state index in [1.165, 1.54) is 122 Å². The second-order valence-corrected chi connectivity index (χ2v) is 11.5. The van der Waals surface area contributed by atoms with Crippen molar-refractivity contribution in [3.8, 4) is 0 Å². The fraction of sp³-hybridized carbons (Fsp3) is 0.818. The van der Waals surface area contributed by atoms with Crippen LogP contribution < -0.4 is 0 Å². The molecule has 1 aromatic carbocycles. The van der Waals surface area contributed by atoms with Crippen LogP contribution in [-0.2, 0) is 12.0 Å². The highest BCUT2D eigenvalue weighted by atomic mass is 16.0. The van der Waals surface area contributed by atoms with E-state index >= 15 is 0 Å². The molecule has 206 valence electrons. The molecule has 0 atom stereocenters. The number of aryl methyl sites for hydroxylation is 1. The molecular weight excluding hydrogens is 426 g/mol. The van der Waals surface area contributed by atoms with Gasteiger partial charge in [-0.25, -0.2) is 0 Å². The molecule has 0 aromatic heterocycles. The summed E-state index contributed by atoms with van der Waals surface area (Å²) in [5.74, 6) is 0. The molecule has 0 heterocycles. The molecule has 1 rings (SSSR count). The molecule has 0 bridgehead atoms. The highest BCUT2D eigenvalue weighted by Crippen LogP contribution is 2.43. The molecule has 0 fully saturated rings. The van der Waals surface area contributed by atoms with Crippen molar-refractivity contribution in [2.75, 3.05) is 20.6 Å². The molecule has 1 aromatic rings. The van der Waals surface area contributed by atoms with Gasteiger partial charge < -0.3 is 9.96 Å². The fourth-order valence-corrected chi connectivity index (χ4v) is 6.35. The summed E-state index contributed by atoms with van der Waals surface area (Å²) in [5, 5.41) is 0. The van der Waals surface area contributed by atoms with E-state index in [0.717, 1.165) is 10.9 Å². The number of unbranched alkanes of at least 4 members (excludes halogenated alkanes) is 13. The first-order chi connectivity index (χ1) is 16.5. The topological polar surface area (TPSA) is 30.0 Å². The van der Waals surface area contributed by atoms with Gasteiger partial charge in [0.25, 0.3) is 0 Å². The lowest BCUT2D eigenvalue weighted by molar-refractivity contribution is -0.951. The molecule has 0 aliphatic heterocycles. The van der Waals surface area contributed by atoms with Gasteiger partial charge in [-0.3, -0.25) is 0 Å². The standard InChI is InChI=1S/C33H62N.H2O/c1-7-11-12-13-14-15-16-17-18-19-20-21-22-25-30-34(5,6)33(28-8-2,29-9-3)32-27-24-23-26-31(32)10-4;/h23-24,26-27H,7-22,25,28-30H2,1-6H3;1H2/q+1;/p-1. The summed E-state index contributed by atoms with van der Waals surface area (Å²) in [6.45, 7) is 10.7. The average Bonchev–Trinajstić information content (AvgIpc) is 2.83. The molecule has 0 spiro atoms. The van der Waals surface area contributed by atoms with E-state index in [2.05, 4.69) is 66.1 Å². The van der Waals surface area contributed by atoms with Gasteiger partial charge in [-0.15, -0.1) is 0 Å². The molecule has 2 nitrogen and oxygen atoms in total. The average molecular weight is 490 g/mol. The van der Waals surface area contributed by atoms with Crippen molar-refractivity contribution in [1.82, 2.24) is 0 Å². The summed E-state index contributed by atoms with van der Waals surface area (Å²) in [4.78, 5) is 0. The lowest BCUT2D eigenvalue weighted by Crippen LogP contribution is -2.58. The Balaban J connectivity index is 0.0000116. The second kappa shape index (κ2) is 20.2. The Morgan fingerprint density at radius 2 is 1.00 bits per heavy atom. The molecule has 35 heavy (non-hydrogen) atoms. The van der Waals surface area contributed by atoms with Gasteiger partial charge in [0.05, 0.1) is 20.6 Å². The zero-order valence-electron chi connectivity index (χ0n) is 24.8. The van der Waals surface area contributed by atoms with E-state index in [9.17, 15) is 0 Å². The molecule has 0 aliphatic carbocycles. The molecule has 2 heteroatoms. The maximum atomic E-state index is 2.53. The minimum absolute atomic E-state index is 0. The van der Waals surface area contributed by atoms with Crippen molar-refractivity contribution in [3.63, 3.8) is 0 Å². The highest BCUT2D eigenvalue weighted by Gasteiger charge is 2.46. The number of benzene rings is 1. The minimum atomic E-state index is 0. The smallest absolute Gasteiger partial charge is 0.125 e. The molecule has 0 saturated carbocycles. The predicted molar refractivity (Wildman–Crippen MR) is 157 cm³/mol. The van der Waals surface area contributed by atoms with Crippen LogP contribution >= 0.6 is 0 Å². The lowest BCUT2D eigenvalue weighted by atomic mass is 9.76. The van der Waals surface area contributed by atoms with Gasteiger partial charge in [0.15, 0.2) is 0 Å². The van der Waals surface area contributed by atoms with Gasteiger partial charge in [0, 0.05) is 18.4 Å². The van der Waals surface area contributed by atoms with Gasteiger partial charge in [0.2, 0.25) is 0 Å². The summed E-state index contributed by atoms with van der Waals surface area (Å²) in [6, 6.07) is 9.34. The van der Waals surface area contributed by atoms with E-state index in [1.807, 2.05) is 0 Å². The lowest BCUT2D eigenvalue weighted by Gasteiger charge is -2.50. The number of rotatable bonds is 22. The second-order valence-electron chi connectivity index (χ2n) is 11.5. The van der Waals surface area contributed by atoms with E-state index in [4.69, 9.17) is 0 Å². The first-order valence-corrected chi connectivity index (χ1v) is 15.4. The van der Waals surface area contributed by atoms with Crippen molar-refractivity contribution >= 4 is 0 Å². The van der Waals surface area contributed by atoms with E-state index < -0.39 is 0 Å². The summed E-state index contributed by atoms with van der Waals surface area (Å²) in [5.41, 5.74) is 3.46. The highest BCUT2D eigenvalue weighted by molar-refractivity contribution is 5.32. The van der Waals surface area contributed by atoms with Crippen LogP contribution in [0.3, 0.4) is 0 Å². The number of quaternary nitrogens is 1. The van der Waals surface area contributed by atoms with Crippen molar-refractivity contribution in [3.05, 3.63) is 35.4 Å². The summed E-state index contributed by atoms with van der Waals surface area (Å²) in [7, 11) is 5.06. The zero-order chi connectivity index (χ0) is 25.1. The Morgan fingerprint density at radius 3 is 1.43 bits per heavy atom. The molecule has 1 N–H and O–H groups in total. The van der Waals surface area contributed by atoms with Crippen LogP contribution in [0.5, 0.6) is 0 Å². The maximum Gasteiger partial charge on any atom is 0.125 e. The Bertz CT molecular complexity index is 603. The minimum Gasteiger partial charge on any atom is -0.870 e. The fourth-order valence-electron chi connectivity index (χ4n) is 6.35. The van der Waals surface area contributed by atoms with E-state index in [-0.39, 0.29) is 11.0 Å². The summed E-state index contributed by atoms with van der Waals surface area (Å²) in [6.07, 6.45) is 26.4. The summed E-state index contributed by atoms with van der Waals surface area (Å²) >= 11 is 0. The van der Waals surface area contributed by atoms with Crippen LogP contribution in [0.15, 0.2) is 24.3 Å². The van der Waals surface area contributed by atoms with Crippen molar-refractivity contribution < 1.29 is 9.96 Å². The van der Waals surface area contributed by atoms with Gasteiger partial charge >= 0.3 is 0 Å². The third-order valence-corrected chi connectivity index (χ3v) is 8.46. The Labute approximate surface area is 221 Å². The van der Waals surface area contributed by atoms with E-state index in [0.29, 0.717) is 0 Å². The Kier molecular flexibility index (Phi) is 19.7. The largest absolute Gasteiger partial charge is 0.870 e. The number of hydrogen-bond acceptors (Lipinski definition) is 1. The quantitative estimate of drug-likeness (QED) is 0.118. The van der Waals surface area contributed by atoms with Crippen LogP contribution in [0, 0.1) is 0 Å². The van der Waals surface area contributed by atoms with Gasteiger partial charge in [-0.1, -0.05) is 129 Å². The first-order valence-electron chi connectivity index (χ1n) is 15.4. The van der Waals surface area contributed by atoms with Crippen LogP contribution in [-0.4, -0.2) is 30.6 Å². The van der Waals surface area contributed by atoms with Gasteiger partial charge in [0.1, 0.15) is 5.54 Å². The van der Waals surface area contributed by atoms with E-state index in [1.54, 1.807) is 11.1 Å². The normalized spacial score (nSPS) is 12.1. The predicted octanol–water partition coefficient (Wildman–Crippen LogP) is 10.4. The number of hydrogen-bond donors (Lipinski definition) is 0. The van der Waals surface area contributed by atoms with Crippen LogP contribution in [0.1, 0.15) is 154 Å². The van der Waals surface area contributed by atoms with Gasteiger partial charge in [-0.05, 0) is 37.7 Å². The molecule has 0 unspecified atom stereocenters. The van der Waals surface area contributed by atoms with Crippen LogP contribution in [0.25, 0.3) is 0 Å². The molecule has 0 saturated heterocycles. The van der Waals surface area contributed by atoms with Crippen molar-refractivity contribution in [2.24, 2.45) is 0 Å². The Morgan fingerprint density at radius 1 is 0.571 bits per heavy atom. The molecule has 0 aliphatic rings. The van der Waals surface area contributed by atoms with Crippen LogP contribution in [0.4, 0.5) is 0 Å². The molecule has 0 radical (unpaired) electrons. The third-order valence-electron chi connectivity index (χ3n) is 8.46. The summed E-state index contributed by atoms with van der Waals surface area (Å²) < 4.78 is 1.14. The number of nitrogens with zero attached hydrogens (tertiary/aromatic N) is 1.